The van der Waals surface area contributed by atoms with Crippen LogP contribution in [0.4, 0.5) is 4.79 Å². The molecule has 0 bridgehead atoms. The van der Waals surface area contributed by atoms with Crippen LogP contribution >= 0.6 is 0 Å². The molecule has 4 atom stereocenters. The zero-order valence-electron chi connectivity index (χ0n) is 19.9. The summed E-state index contributed by atoms with van der Waals surface area (Å²) in [7, 11) is 2.81. The Kier molecular flexibility index (Phi) is 5.35. The number of carbonyl (C=O) groups excluding carboxylic acids is 5. The molecule has 1 saturated heterocycles. The third kappa shape index (κ3) is 3.13. The molecule has 36 heavy (non-hydrogen) atoms. The number of fused-ring (bicyclic) bond motifs is 3. The number of nitrogens with zero attached hydrogens (tertiary/aromatic N) is 1. The molecule has 5 rings (SSSR count). The predicted molar refractivity (Wildman–Crippen MR) is 124 cm³/mol. The van der Waals surface area contributed by atoms with Gasteiger partial charge in [0, 0.05) is 40.3 Å². The monoisotopic (exact) mass is 492 g/mol. The number of hydrogen-bond acceptors (Lipinski definition) is 8. The smallest absolute Gasteiger partial charge is 0.328 e. The molecular formula is C26H24N2O8. The largest absolute Gasteiger partial charge is 0.508 e. The van der Waals surface area contributed by atoms with Crippen molar-refractivity contribution in [3.63, 3.8) is 0 Å². The van der Waals surface area contributed by atoms with Gasteiger partial charge in [-0.1, -0.05) is 11.6 Å². The van der Waals surface area contributed by atoms with Gasteiger partial charge in [-0.15, -0.1) is 0 Å². The minimum Gasteiger partial charge on any atom is -0.508 e. The Hall–Kier alpha value is -4.21. The first-order valence-electron chi connectivity index (χ1n) is 11.4. The van der Waals surface area contributed by atoms with E-state index >= 15 is 0 Å². The topological polar surface area (TPSA) is 153 Å². The molecule has 0 radical (unpaired) electrons. The number of urea groups is 1. The number of Topliss-reactive ketones (excluding diaryl/α,β-unsaturated/α-hetero) is 1. The molecule has 0 unspecified atom stereocenters. The molecule has 1 aromatic carbocycles. The number of carbonyl (C=O) groups is 5. The number of ether oxygens (including phenoxy) is 2. The first-order valence-corrected chi connectivity index (χ1v) is 11.4. The molecule has 4 amide bonds. The molecule has 10 nitrogen and oxygen atoms in total. The number of phenols is 1. The number of hydrogen-bond donors (Lipinski definition) is 2. The quantitative estimate of drug-likeness (QED) is 0.369. The van der Waals surface area contributed by atoms with Gasteiger partial charge in [0.25, 0.3) is 0 Å². The first kappa shape index (κ1) is 23.5. The van der Waals surface area contributed by atoms with E-state index in [0.717, 1.165) is 0 Å². The lowest BCUT2D eigenvalue weighted by atomic mass is 9.59. The third-order valence-corrected chi connectivity index (χ3v) is 7.60. The minimum absolute atomic E-state index is 0.0585. The highest BCUT2D eigenvalue weighted by atomic mass is 16.5. The summed E-state index contributed by atoms with van der Waals surface area (Å²) in [4.78, 5) is 65.2. The summed E-state index contributed by atoms with van der Waals surface area (Å²) in [6.07, 6.45) is 3.30. The molecule has 10 heteroatoms. The van der Waals surface area contributed by atoms with Crippen LogP contribution in [0, 0.1) is 17.8 Å². The molecule has 0 spiro atoms. The van der Waals surface area contributed by atoms with Gasteiger partial charge in [-0.2, -0.15) is 4.90 Å². The van der Waals surface area contributed by atoms with Gasteiger partial charge in [-0.25, -0.2) is 4.79 Å². The van der Waals surface area contributed by atoms with E-state index in [9.17, 15) is 29.1 Å². The summed E-state index contributed by atoms with van der Waals surface area (Å²) < 4.78 is 11.1. The summed E-state index contributed by atoms with van der Waals surface area (Å²) in [6, 6.07) is 1.62. The van der Waals surface area contributed by atoms with Crippen LogP contribution in [0.5, 0.6) is 17.2 Å². The highest BCUT2D eigenvalue weighted by Gasteiger charge is 2.58. The molecular weight excluding hydrogens is 468 g/mol. The van der Waals surface area contributed by atoms with Crippen molar-refractivity contribution >= 4 is 29.4 Å². The van der Waals surface area contributed by atoms with Gasteiger partial charge in [0.05, 0.1) is 26.1 Å². The first-order chi connectivity index (χ1) is 17.1. The fraction of sp³-hybridized carbons (Fsp3) is 0.346. The third-order valence-electron chi connectivity index (χ3n) is 7.60. The zero-order chi connectivity index (χ0) is 26.0. The number of imide groups is 3. The van der Waals surface area contributed by atoms with Crippen molar-refractivity contribution in [3.8, 4) is 17.2 Å². The number of methoxy groups -OCH3 is 2. The Morgan fingerprint density at radius 1 is 1.06 bits per heavy atom. The number of nitrogens with two attached hydrogens (primary N) is 1. The van der Waals surface area contributed by atoms with Crippen molar-refractivity contribution in [2.45, 2.75) is 25.7 Å². The van der Waals surface area contributed by atoms with Crippen LogP contribution in [0.25, 0.3) is 0 Å². The van der Waals surface area contributed by atoms with Crippen molar-refractivity contribution in [1.82, 2.24) is 4.90 Å². The Labute approximate surface area is 206 Å². The van der Waals surface area contributed by atoms with E-state index in [2.05, 4.69) is 0 Å². The van der Waals surface area contributed by atoms with Gasteiger partial charge >= 0.3 is 6.03 Å². The molecule has 0 saturated carbocycles. The Balaban J connectivity index is 1.77. The number of likely N-dealkylation sites (tertiary alicyclic amines) is 1. The second kappa shape index (κ2) is 8.18. The van der Waals surface area contributed by atoms with Gasteiger partial charge in [-0.3, -0.25) is 19.2 Å². The number of primary amides is 1. The average Bonchev–Trinajstić information content (AvgIpc) is 3.10. The maximum absolute atomic E-state index is 13.4. The highest BCUT2D eigenvalue weighted by Crippen LogP contribution is 2.57. The number of phenolic OH excluding ortho intramolecular Hbond substituents is 1. The number of allylic oxidation sites excluding steroid dienone is 6. The summed E-state index contributed by atoms with van der Waals surface area (Å²) in [5.41, 5.74) is 7.17. The maximum Gasteiger partial charge on any atom is 0.328 e. The van der Waals surface area contributed by atoms with Crippen LogP contribution in [-0.4, -0.2) is 53.6 Å². The zero-order valence-corrected chi connectivity index (χ0v) is 19.9. The molecule has 3 aliphatic carbocycles. The molecule has 3 N–H and O–H groups in total. The lowest BCUT2D eigenvalue weighted by Gasteiger charge is -2.42. The summed E-state index contributed by atoms with van der Waals surface area (Å²) in [5.74, 6) is -4.89. The highest BCUT2D eigenvalue weighted by molar-refractivity contribution is 6.24. The lowest BCUT2D eigenvalue weighted by Crippen LogP contribution is -2.42. The molecule has 186 valence electrons. The van der Waals surface area contributed by atoms with E-state index < -0.39 is 41.5 Å². The van der Waals surface area contributed by atoms with Crippen LogP contribution in [0.3, 0.4) is 0 Å². The second-order valence-electron chi connectivity index (χ2n) is 9.34. The van der Waals surface area contributed by atoms with Crippen molar-refractivity contribution in [1.29, 1.82) is 0 Å². The normalized spacial score (nSPS) is 27.2. The van der Waals surface area contributed by atoms with Crippen LogP contribution in [0.15, 0.2) is 46.6 Å². The molecule has 1 fully saturated rings. The average molecular weight is 492 g/mol. The molecule has 1 aliphatic heterocycles. The fourth-order valence-electron chi connectivity index (χ4n) is 6.14. The minimum atomic E-state index is -1.14. The number of benzene rings is 1. The molecule has 1 aromatic rings. The van der Waals surface area contributed by atoms with Crippen LogP contribution in [0.1, 0.15) is 31.2 Å². The number of aromatic hydroxyl groups is 1. The molecule has 4 aliphatic rings. The summed E-state index contributed by atoms with van der Waals surface area (Å²) in [5, 5.41) is 10.2. The fourth-order valence-corrected chi connectivity index (χ4v) is 6.14. The number of ketones is 2. The Bertz CT molecular complexity index is 1340. The van der Waals surface area contributed by atoms with Gasteiger partial charge in [-0.05, 0) is 31.8 Å². The number of rotatable bonds is 3. The number of amides is 4. The van der Waals surface area contributed by atoms with E-state index in [4.69, 9.17) is 15.2 Å². The van der Waals surface area contributed by atoms with E-state index in [0.29, 0.717) is 16.0 Å². The van der Waals surface area contributed by atoms with E-state index in [1.807, 2.05) is 0 Å². The van der Waals surface area contributed by atoms with Crippen molar-refractivity contribution in [2.24, 2.45) is 23.5 Å². The van der Waals surface area contributed by atoms with Gasteiger partial charge in [0.2, 0.25) is 11.8 Å². The van der Waals surface area contributed by atoms with Crippen LogP contribution in [-0.2, 0) is 19.2 Å². The van der Waals surface area contributed by atoms with E-state index in [1.165, 1.54) is 32.4 Å². The van der Waals surface area contributed by atoms with Crippen molar-refractivity contribution in [2.75, 3.05) is 14.2 Å². The maximum atomic E-state index is 13.4. The SMILES string of the molecule is COc1cc(O)cc(OC)c1[C@H]1C2=CC[C@@H]3C(=O)N(C(N)=O)C(=O)[C@@H]3[C@@H]2CC2=C1C(=O)C=C(C)C2=O. The lowest BCUT2D eigenvalue weighted by molar-refractivity contribution is -0.136. The van der Waals surface area contributed by atoms with E-state index in [1.54, 1.807) is 13.0 Å². The van der Waals surface area contributed by atoms with Crippen molar-refractivity contribution in [3.05, 3.63) is 52.1 Å². The van der Waals surface area contributed by atoms with Crippen molar-refractivity contribution < 1.29 is 38.6 Å². The van der Waals surface area contributed by atoms with Gasteiger partial charge < -0.3 is 20.3 Å². The molecule has 1 heterocycles. The standard InChI is InChI=1S/C26H24N2O8/c1-10-6-16(30)20-15(23(10)31)9-14-12(4-5-13-19(14)25(33)28(24(13)32)26(27)34)21(20)22-17(35-2)7-11(29)8-18(22)36-3/h4,6-8,13-14,19,21,29H,5,9H2,1-3H3,(H2,27,34)/t13-,14+,19-,21-/m0/s1. The second-order valence-corrected chi connectivity index (χ2v) is 9.34. The van der Waals surface area contributed by atoms with Crippen LogP contribution < -0.4 is 15.2 Å². The Morgan fingerprint density at radius 3 is 2.28 bits per heavy atom. The predicted octanol–water partition coefficient (Wildman–Crippen LogP) is 1.92. The van der Waals surface area contributed by atoms with Gasteiger partial charge in [0.1, 0.15) is 17.2 Å². The van der Waals surface area contributed by atoms with Crippen LogP contribution in [0.2, 0.25) is 0 Å². The summed E-state index contributed by atoms with van der Waals surface area (Å²) in [6.45, 7) is 1.55. The molecule has 0 aromatic heterocycles. The Morgan fingerprint density at radius 2 is 1.69 bits per heavy atom. The van der Waals surface area contributed by atoms with Gasteiger partial charge in [0.15, 0.2) is 11.6 Å². The summed E-state index contributed by atoms with van der Waals surface area (Å²) >= 11 is 0. The van der Waals surface area contributed by atoms with E-state index in [-0.39, 0.29) is 58.4 Å².